The summed E-state index contributed by atoms with van der Waals surface area (Å²) < 4.78 is 0. The van der Waals surface area contributed by atoms with Crippen LogP contribution in [-0.2, 0) is 26.2 Å². The van der Waals surface area contributed by atoms with Crippen molar-refractivity contribution >= 4 is 22.3 Å². The van der Waals surface area contributed by atoms with Gasteiger partial charge in [-0.25, -0.2) is 0 Å². The summed E-state index contributed by atoms with van der Waals surface area (Å²) in [5.74, 6) is 0. The van der Waals surface area contributed by atoms with Crippen molar-refractivity contribution in [2.45, 2.75) is 12.8 Å². The summed E-state index contributed by atoms with van der Waals surface area (Å²) in [5, 5.41) is 0. The van der Waals surface area contributed by atoms with Crippen molar-refractivity contribution in [3.05, 3.63) is 168 Å². The molecule has 2 aliphatic carbocycles. The molecule has 3 heteroatoms. The third-order valence-corrected chi connectivity index (χ3v) is 6.01. The second-order valence-corrected chi connectivity index (χ2v) is 8.32. The van der Waals surface area contributed by atoms with Gasteiger partial charge in [-0.1, -0.05) is 156 Å². The van der Waals surface area contributed by atoms with Gasteiger partial charge < -0.3 is 24.8 Å². The van der Waals surface area contributed by atoms with Crippen LogP contribution in [0.3, 0.4) is 0 Å². The van der Waals surface area contributed by atoms with Gasteiger partial charge in [-0.15, -0.1) is 34.4 Å². The maximum Gasteiger partial charge on any atom is 4.00 e. The summed E-state index contributed by atoms with van der Waals surface area (Å²) in [6.07, 6.45) is 13.5. The third kappa shape index (κ3) is 8.14. The molecule has 0 aliphatic heterocycles. The molecule has 0 radical (unpaired) electrons. The first-order chi connectivity index (χ1) is 16.9. The fourth-order valence-electron chi connectivity index (χ4n) is 4.21. The van der Waals surface area contributed by atoms with E-state index in [0.717, 1.165) is 12.8 Å². The van der Waals surface area contributed by atoms with E-state index in [4.69, 9.17) is 0 Å². The number of hydrogen-bond acceptors (Lipinski definition) is 0. The van der Waals surface area contributed by atoms with Crippen LogP contribution in [0.4, 0.5) is 0 Å². The summed E-state index contributed by atoms with van der Waals surface area (Å²) in [4.78, 5) is 0. The number of rotatable bonds is 4. The Morgan fingerprint density at radius 3 is 0.946 bits per heavy atom. The first-order valence-corrected chi connectivity index (χ1v) is 11.7. The quantitative estimate of drug-likeness (QED) is 0.318. The molecule has 0 unspecified atom stereocenters. The molecule has 0 saturated carbocycles. The molecular weight excluding hydrogens is 571 g/mol. The molecule has 0 spiro atoms. The average molecular weight is 597 g/mol. The molecule has 4 aromatic carbocycles. The van der Waals surface area contributed by atoms with Crippen molar-refractivity contribution in [1.82, 2.24) is 0 Å². The first-order valence-electron chi connectivity index (χ1n) is 11.7. The topological polar surface area (TPSA) is 0 Å². The van der Waals surface area contributed by atoms with Crippen LogP contribution >= 0.6 is 0 Å². The summed E-state index contributed by atoms with van der Waals surface area (Å²) >= 11 is 0. The Hall–Kier alpha value is -2.70. The fourth-order valence-corrected chi connectivity index (χ4v) is 4.21. The zero-order valence-electron chi connectivity index (χ0n) is 20.4. The molecule has 0 N–H and O–H groups in total. The van der Waals surface area contributed by atoms with Crippen molar-refractivity contribution in [2.24, 2.45) is 0 Å². The van der Waals surface area contributed by atoms with E-state index in [2.05, 4.69) is 121 Å². The van der Waals surface area contributed by atoms with Gasteiger partial charge in [0.25, 0.3) is 0 Å². The summed E-state index contributed by atoms with van der Waals surface area (Å²) in [6, 6.07) is 41.8. The summed E-state index contributed by atoms with van der Waals surface area (Å²) in [7, 11) is 0. The van der Waals surface area contributed by atoms with Gasteiger partial charge in [0.2, 0.25) is 0 Å². The smallest absolute Gasteiger partial charge is 1.00 e. The van der Waals surface area contributed by atoms with Crippen molar-refractivity contribution in [2.75, 3.05) is 0 Å². The van der Waals surface area contributed by atoms with Gasteiger partial charge in [0.05, 0.1) is 0 Å². The number of hydrogen-bond donors (Lipinski definition) is 0. The Labute approximate surface area is 252 Å². The Morgan fingerprint density at radius 2 is 0.649 bits per heavy atom. The Morgan fingerprint density at radius 1 is 0.378 bits per heavy atom. The molecule has 0 aromatic heterocycles. The molecule has 0 saturated heterocycles. The van der Waals surface area contributed by atoms with Crippen LogP contribution in [0, 0.1) is 12.2 Å². The predicted molar refractivity (Wildman–Crippen MR) is 144 cm³/mol. The summed E-state index contributed by atoms with van der Waals surface area (Å²) in [6.45, 7) is 0. The van der Waals surface area contributed by atoms with Crippen LogP contribution < -0.4 is 24.8 Å². The van der Waals surface area contributed by atoms with Crippen LogP contribution in [0.2, 0.25) is 0 Å². The Bertz CT molecular complexity index is 1250. The van der Waals surface area contributed by atoms with Gasteiger partial charge in [-0.2, -0.15) is 12.2 Å². The molecule has 0 nitrogen and oxygen atoms in total. The normalized spacial score (nSPS) is 13.2. The maximum atomic E-state index is 3.50. The second-order valence-electron chi connectivity index (χ2n) is 8.32. The molecule has 0 bridgehead atoms. The Kier molecular flexibility index (Phi) is 12.8. The minimum absolute atomic E-state index is 0. The standard InChI is InChI=1S/2C17H13.2ClH.Zr/c2*1-3-7-14(8-4-1)16-11-12-17(13-16)15-9-5-2-6-10-15;;;/h2*1-11H,12H2;2*1H;/q2*-1;;;+4/p-2. The van der Waals surface area contributed by atoms with Crippen LogP contribution in [0.25, 0.3) is 22.3 Å². The van der Waals surface area contributed by atoms with E-state index in [1.807, 2.05) is 24.3 Å². The minimum Gasteiger partial charge on any atom is -1.00 e. The first kappa shape index (κ1) is 30.5. The zero-order chi connectivity index (χ0) is 23.0. The predicted octanol–water partition coefficient (Wildman–Crippen LogP) is 2.73. The molecule has 180 valence electrons. The largest absolute Gasteiger partial charge is 4.00 e. The molecule has 0 heterocycles. The number of allylic oxidation sites excluding steroid dienone is 8. The monoisotopic (exact) mass is 594 g/mol. The van der Waals surface area contributed by atoms with E-state index in [-0.39, 0.29) is 51.0 Å². The van der Waals surface area contributed by atoms with Crippen molar-refractivity contribution in [3.63, 3.8) is 0 Å². The number of benzene rings is 4. The molecule has 0 atom stereocenters. The van der Waals surface area contributed by atoms with Crippen LogP contribution in [0.15, 0.2) is 133 Å². The summed E-state index contributed by atoms with van der Waals surface area (Å²) in [5.41, 5.74) is 10.0. The van der Waals surface area contributed by atoms with Gasteiger partial charge in [-0.05, 0) is 0 Å². The van der Waals surface area contributed by atoms with Crippen molar-refractivity contribution in [1.29, 1.82) is 0 Å². The number of halogens is 2. The molecule has 2 aliphatic rings. The third-order valence-electron chi connectivity index (χ3n) is 6.01. The molecular formula is C34H26Cl2Zr. The zero-order valence-corrected chi connectivity index (χ0v) is 24.3. The van der Waals surface area contributed by atoms with Crippen molar-refractivity contribution < 1.29 is 51.0 Å². The molecule has 0 fully saturated rings. The average Bonchev–Trinajstić information content (AvgIpc) is 3.62. The van der Waals surface area contributed by atoms with Gasteiger partial charge in [0.15, 0.2) is 0 Å². The van der Waals surface area contributed by atoms with Crippen molar-refractivity contribution in [3.8, 4) is 0 Å². The minimum atomic E-state index is 0. The Balaban J connectivity index is 0.000000241. The second kappa shape index (κ2) is 15.5. The van der Waals surface area contributed by atoms with E-state index in [9.17, 15) is 0 Å². The molecule has 37 heavy (non-hydrogen) atoms. The van der Waals surface area contributed by atoms with E-state index < -0.39 is 0 Å². The van der Waals surface area contributed by atoms with Gasteiger partial charge in [-0.3, -0.25) is 0 Å². The van der Waals surface area contributed by atoms with Crippen LogP contribution in [0.1, 0.15) is 35.1 Å². The van der Waals surface area contributed by atoms with Gasteiger partial charge >= 0.3 is 26.2 Å². The molecule has 4 aromatic rings. The maximum absolute atomic E-state index is 3.50. The van der Waals surface area contributed by atoms with E-state index in [1.165, 1.54) is 44.5 Å². The fraction of sp³-hybridized carbons (Fsp3) is 0.0588. The van der Waals surface area contributed by atoms with E-state index >= 15 is 0 Å². The van der Waals surface area contributed by atoms with Gasteiger partial charge in [0.1, 0.15) is 0 Å². The van der Waals surface area contributed by atoms with E-state index in [0.29, 0.717) is 0 Å². The van der Waals surface area contributed by atoms with E-state index in [1.54, 1.807) is 0 Å². The molecule has 6 rings (SSSR count). The van der Waals surface area contributed by atoms with Gasteiger partial charge in [0, 0.05) is 0 Å². The molecule has 0 amide bonds. The van der Waals surface area contributed by atoms with Crippen LogP contribution in [0.5, 0.6) is 0 Å². The van der Waals surface area contributed by atoms with Crippen LogP contribution in [-0.4, -0.2) is 0 Å². The SMILES string of the molecule is [C-]1=C(c2ccccc2)CC=C1c1ccccc1.[C-]1=C(c2ccccc2)CC=C1c1ccccc1.[Cl-].[Cl-].[Zr+4].